The van der Waals surface area contributed by atoms with Crippen molar-refractivity contribution in [1.82, 2.24) is 5.32 Å². The van der Waals surface area contributed by atoms with Gasteiger partial charge in [0.25, 0.3) is 0 Å². The van der Waals surface area contributed by atoms with Crippen LogP contribution in [0.2, 0.25) is 5.02 Å². The zero-order valence-corrected chi connectivity index (χ0v) is 13.2. The smallest absolute Gasteiger partial charge is 0.132 e. The molecule has 4 heteroatoms. The van der Waals surface area contributed by atoms with Crippen LogP contribution in [0.5, 0.6) is 5.75 Å². The molecule has 112 valence electrons. The van der Waals surface area contributed by atoms with E-state index in [0.717, 1.165) is 17.7 Å². The second-order valence-electron chi connectivity index (χ2n) is 4.88. The first-order chi connectivity index (χ1) is 10.1. The summed E-state index contributed by atoms with van der Waals surface area (Å²) in [6.07, 6.45) is 0. The van der Waals surface area contributed by atoms with Crippen molar-refractivity contribution in [3.63, 3.8) is 0 Å². The predicted octanol–water partition coefficient (Wildman–Crippen LogP) is 4.50. The highest BCUT2D eigenvalue weighted by molar-refractivity contribution is 6.30. The highest BCUT2D eigenvalue weighted by Gasteiger charge is 2.19. The number of rotatable bonds is 5. The summed E-state index contributed by atoms with van der Waals surface area (Å²) in [4.78, 5) is 0. The third kappa shape index (κ3) is 3.55. The minimum absolute atomic E-state index is 0.236. The molecule has 0 spiro atoms. The number of benzene rings is 2. The number of methoxy groups -OCH3 is 1. The van der Waals surface area contributed by atoms with E-state index in [1.807, 2.05) is 32.0 Å². The van der Waals surface area contributed by atoms with E-state index >= 15 is 0 Å². The fourth-order valence-electron chi connectivity index (χ4n) is 2.38. The molecule has 1 N–H and O–H groups in total. The quantitative estimate of drug-likeness (QED) is 0.878. The van der Waals surface area contributed by atoms with Crippen molar-refractivity contribution in [1.29, 1.82) is 0 Å². The molecule has 0 saturated heterocycles. The third-order valence-corrected chi connectivity index (χ3v) is 3.71. The minimum atomic E-state index is -0.292. The lowest BCUT2D eigenvalue weighted by Crippen LogP contribution is -2.23. The molecule has 0 aliphatic carbocycles. The summed E-state index contributed by atoms with van der Waals surface area (Å²) in [6.45, 7) is 4.72. The van der Waals surface area contributed by atoms with Gasteiger partial charge in [0.2, 0.25) is 0 Å². The maximum atomic E-state index is 14.4. The summed E-state index contributed by atoms with van der Waals surface area (Å²) in [5.41, 5.74) is 2.64. The first-order valence-corrected chi connectivity index (χ1v) is 7.27. The highest BCUT2D eigenvalue weighted by Crippen LogP contribution is 2.30. The first-order valence-electron chi connectivity index (χ1n) is 6.89. The van der Waals surface area contributed by atoms with Crippen molar-refractivity contribution in [3.8, 4) is 5.75 Å². The van der Waals surface area contributed by atoms with Gasteiger partial charge in [-0.15, -0.1) is 0 Å². The van der Waals surface area contributed by atoms with Gasteiger partial charge in [0.15, 0.2) is 0 Å². The largest absolute Gasteiger partial charge is 0.497 e. The molecule has 2 rings (SSSR count). The van der Waals surface area contributed by atoms with Gasteiger partial charge >= 0.3 is 0 Å². The van der Waals surface area contributed by atoms with Gasteiger partial charge in [0.1, 0.15) is 11.6 Å². The molecule has 0 bridgehead atoms. The molecule has 0 fully saturated rings. The monoisotopic (exact) mass is 307 g/mol. The minimum Gasteiger partial charge on any atom is -0.497 e. The normalized spacial score (nSPS) is 12.2. The van der Waals surface area contributed by atoms with Gasteiger partial charge in [0.05, 0.1) is 13.2 Å². The van der Waals surface area contributed by atoms with Crippen molar-refractivity contribution >= 4 is 11.6 Å². The van der Waals surface area contributed by atoms with Crippen LogP contribution in [0, 0.1) is 12.7 Å². The van der Waals surface area contributed by atoms with Crippen LogP contribution in [-0.4, -0.2) is 13.7 Å². The lowest BCUT2D eigenvalue weighted by atomic mass is 9.94. The molecule has 0 aliphatic heterocycles. The zero-order valence-electron chi connectivity index (χ0n) is 12.4. The Hall–Kier alpha value is -1.58. The zero-order chi connectivity index (χ0) is 15.4. The Labute approximate surface area is 129 Å². The summed E-state index contributed by atoms with van der Waals surface area (Å²) in [6, 6.07) is 10.4. The lowest BCUT2D eigenvalue weighted by molar-refractivity contribution is 0.410. The Morgan fingerprint density at radius 1 is 1.19 bits per heavy atom. The molecule has 2 aromatic rings. The molecule has 0 aliphatic rings. The molecule has 1 atom stereocenters. The van der Waals surface area contributed by atoms with Gasteiger partial charge in [-0.2, -0.15) is 0 Å². The van der Waals surface area contributed by atoms with Crippen LogP contribution in [0.1, 0.15) is 29.7 Å². The Morgan fingerprint density at radius 2 is 1.95 bits per heavy atom. The van der Waals surface area contributed by atoms with Crippen LogP contribution in [0.15, 0.2) is 36.4 Å². The molecule has 0 aromatic heterocycles. The van der Waals surface area contributed by atoms with Crippen LogP contribution in [0.25, 0.3) is 0 Å². The van der Waals surface area contributed by atoms with E-state index in [1.165, 1.54) is 13.2 Å². The number of hydrogen-bond acceptors (Lipinski definition) is 2. The van der Waals surface area contributed by atoms with Crippen molar-refractivity contribution < 1.29 is 9.13 Å². The number of hydrogen-bond donors (Lipinski definition) is 1. The van der Waals surface area contributed by atoms with Gasteiger partial charge < -0.3 is 10.1 Å². The number of ether oxygens (including phenoxy) is 1. The fourth-order valence-corrected chi connectivity index (χ4v) is 2.56. The van der Waals surface area contributed by atoms with Gasteiger partial charge in [-0.1, -0.05) is 30.7 Å². The van der Waals surface area contributed by atoms with E-state index in [2.05, 4.69) is 5.32 Å². The maximum absolute atomic E-state index is 14.4. The van der Waals surface area contributed by atoms with E-state index in [9.17, 15) is 4.39 Å². The fraction of sp³-hybridized carbons (Fsp3) is 0.294. The van der Waals surface area contributed by atoms with Crippen molar-refractivity contribution in [2.45, 2.75) is 19.9 Å². The summed E-state index contributed by atoms with van der Waals surface area (Å²) in [5, 5.41) is 3.97. The van der Waals surface area contributed by atoms with Crippen molar-refractivity contribution in [2.24, 2.45) is 0 Å². The first kappa shape index (κ1) is 15.8. The molecule has 2 aromatic carbocycles. The Morgan fingerprint density at radius 3 is 2.57 bits per heavy atom. The van der Waals surface area contributed by atoms with Gasteiger partial charge in [0, 0.05) is 16.7 Å². The van der Waals surface area contributed by atoms with Crippen LogP contribution >= 0.6 is 11.6 Å². The predicted molar refractivity (Wildman–Crippen MR) is 84.7 cm³/mol. The van der Waals surface area contributed by atoms with Gasteiger partial charge in [-0.25, -0.2) is 4.39 Å². The van der Waals surface area contributed by atoms with Crippen LogP contribution in [-0.2, 0) is 0 Å². The molecule has 0 saturated carbocycles. The molecular weight excluding hydrogens is 289 g/mol. The molecule has 21 heavy (non-hydrogen) atoms. The maximum Gasteiger partial charge on any atom is 0.132 e. The average molecular weight is 308 g/mol. The van der Waals surface area contributed by atoms with Crippen molar-refractivity contribution in [2.75, 3.05) is 13.7 Å². The molecule has 0 amide bonds. The standard InChI is InChI=1S/C17H19ClFNO/c1-4-20-17(15-9-12(18)6-5-11(15)2)14-8-7-13(21-3)10-16(14)19/h5-10,17,20H,4H2,1-3H3. The summed E-state index contributed by atoms with van der Waals surface area (Å²) in [5.74, 6) is 0.217. The SMILES string of the molecule is CCNC(c1cc(Cl)ccc1C)c1ccc(OC)cc1F. The van der Waals surface area contributed by atoms with E-state index in [4.69, 9.17) is 16.3 Å². The van der Waals surface area contributed by atoms with Crippen LogP contribution in [0.4, 0.5) is 4.39 Å². The Kier molecular flexibility index (Phi) is 5.21. The number of aryl methyl sites for hydroxylation is 1. The van der Waals surface area contributed by atoms with Crippen LogP contribution < -0.4 is 10.1 Å². The van der Waals surface area contributed by atoms with Gasteiger partial charge in [-0.05, 0) is 42.8 Å². The second kappa shape index (κ2) is 6.92. The molecule has 0 radical (unpaired) electrons. The van der Waals surface area contributed by atoms with E-state index in [-0.39, 0.29) is 11.9 Å². The van der Waals surface area contributed by atoms with E-state index < -0.39 is 0 Å². The highest BCUT2D eigenvalue weighted by atomic mass is 35.5. The van der Waals surface area contributed by atoms with E-state index in [0.29, 0.717) is 16.3 Å². The van der Waals surface area contributed by atoms with E-state index in [1.54, 1.807) is 12.1 Å². The summed E-state index contributed by atoms with van der Waals surface area (Å²) in [7, 11) is 1.53. The Bertz CT molecular complexity index is 630. The van der Waals surface area contributed by atoms with Crippen LogP contribution in [0.3, 0.4) is 0 Å². The molecule has 2 nitrogen and oxygen atoms in total. The number of halogens is 2. The topological polar surface area (TPSA) is 21.3 Å². The second-order valence-corrected chi connectivity index (χ2v) is 5.32. The third-order valence-electron chi connectivity index (χ3n) is 3.48. The van der Waals surface area contributed by atoms with Crippen molar-refractivity contribution in [3.05, 3.63) is 63.9 Å². The summed E-state index contributed by atoms with van der Waals surface area (Å²) >= 11 is 6.09. The number of nitrogens with one attached hydrogen (secondary N) is 1. The Balaban J connectivity index is 2.50. The summed E-state index contributed by atoms with van der Waals surface area (Å²) < 4.78 is 19.4. The van der Waals surface area contributed by atoms with Gasteiger partial charge in [-0.3, -0.25) is 0 Å². The lowest BCUT2D eigenvalue weighted by Gasteiger charge is -2.22. The average Bonchev–Trinajstić information content (AvgIpc) is 2.48. The molecule has 1 unspecified atom stereocenters. The molecule has 0 heterocycles. The molecular formula is C17H19ClFNO.